The molecule has 36 heavy (non-hydrogen) atoms. The summed E-state index contributed by atoms with van der Waals surface area (Å²) in [4.78, 5) is 26.0. The lowest BCUT2D eigenvalue weighted by Gasteiger charge is -2.28. The Bertz CT molecular complexity index is 1400. The Labute approximate surface area is 214 Å². The Kier molecular flexibility index (Phi) is 7.62. The van der Waals surface area contributed by atoms with E-state index < -0.39 is 5.92 Å². The molecule has 2 amide bonds. The van der Waals surface area contributed by atoms with Gasteiger partial charge in [0, 0.05) is 17.1 Å². The summed E-state index contributed by atoms with van der Waals surface area (Å²) >= 11 is 1.21. The Morgan fingerprint density at radius 2 is 1.86 bits per heavy atom. The average Bonchev–Trinajstić information content (AvgIpc) is 3.38. The molecule has 0 radical (unpaired) electrons. The van der Waals surface area contributed by atoms with Crippen LogP contribution in [0.2, 0.25) is 0 Å². The maximum atomic E-state index is 13.4. The van der Waals surface area contributed by atoms with Gasteiger partial charge >= 0.3 is 0 Å². The summed E-state index contributed by atoms with van der Waals surface area (Å²) in [5.74, 6) is -0.673. The van der Waals surface area contributed by atoms with Gasteiger partial charge in [-0.2, -0.15) is 5.26 Å². The molecule has 1 atom stereocenters. The van der Waals surface area contributed by atoms with Gasteiger partial charge in [0.2, 0.25) is 5.91 Å². The molecule has 1 aliphatic heterocycles. The van der Waals surface area contributed by atoms with E-state index in [1.54, 1.807) is 19.1 Å². The van der Waals surface area contributed by atoms with Crippen LogP contribution in [0.4, 0.5) is 11.4 Å². The molecule has 0 spiro atoms. The number of para-hydroxylation sites is 1. The molecule has 3 aromatic rings. The van der Waals surface area contributed by atoms with Gasteiger partial charge in [-0.15, -0.1) is 0 Å². The number of aryl methyl sites for hydroxylation is 2. The van der Waals surface area contributed by atoms with Gasteiger partial charge in [0.25, 0.3) is 5.91 Å². The summed E-state index contributed by atoms with van der Waals surface area (Å²) in [5, 5.41) is 19.7. The standard InChI is InChI=1S/C28H26N4O3S/c1-17-8-6-10-20(14-17)31-24(33)16-36-28-21(15-29)26(23-12-7-13-35-23)25(19(3)30-28)27(34)32-22-11-5-4-9-18(22)2/h4-14,26,30H,16H2,1-3H3,(H,31,33)(H,32,34)/t26-/m0/s1. The van der Waals surface area contributed by atoms with Crippen molar-refractivity contribution in [2.75, 3.05) is 16.4 Å². The van der Waals surface area contributed by atoms with Crippen molar-refractivity contribution in [3.8, 4) is 6.07 Å². The molecule has 0 bridgehead atoms. The van der Waals surface area contributed by atoms with Crippen molar-refractivity contribution < 1.29 is 14.0 Å². The van der Waals surface area contributed by atoms with Crippen LogP contribution in [-0.2, 0) is 9.59 Å². The van der Waals surface area contributed by atoms with E-state index in [2.05, 4.69) is 22.0 Å². The van der Waals surface area contributed by atoms with Crippen LogP contribution in [-0.4, -0.2) is 17.6 Å². The number of carbonyl (C=O) groups excluding carboxylic acids is 2. The molecule has 1 aromatic heterocycles. The van der Waals surface area contributed by atoms with Crippen LogP contribution in [0.3, 0.4) is 0 Å². The lowest BCUT2D eigenvalue weighted by atomic mass is 9.85. The highest BCUT2D eigenvalue weighted by Gasteiger charge is 2.36. The van der Waals surface area contributed by atoms with Crippen LogP contribution >= 0.6 is 11.8 Å². The van der Waals surface area contributed by atoms with Crippen molar-refractivity contribution in [3.63, 3.8) is 0 Å². The van der Waals surface area contributed by atoms with Crippen molar-refractivity contribution in [2.45, 2.75) is 26.7 Å². The molecule has 0 saturated heterocycles. The minimum atomic E-state index is -0.711. The number of nitriles is 1. The van der Waals surface area contributed by atoms with Crippen LogP contribution in [0.25, 0.3) is 0 Å². The van der Waals surface area contributed by atoms with Crippen molar-refractivity contribution in [1.82, 2.24) is 5.32 Å². The number of allylic oxidation sites excluding steroid dienone is 2. The minimum absolute atomic E-state index is 0.0876. The smallest absolute Gasteiger partial charge is 0.254 e. The molecular formula is C28H26N4O3S. The number of hydrogen-bond donors (Lipinski definition) is 3. The van der Waals surface area contributed by atoms with Crippen LogP contribution in [0, 0.1) is 25.2 Å². The van der Waals surface area contributed by atoms with E-state index >= 15 is 0 Å². The van der Waals surface area contributed by atoms with Gasteiger partial charge in [-0.25, -0.2) is 0 Å². The molecule has 7 nitrogen and oxygen atoms in total. The molecule has 0 unspecified atom stereocenters. The highest BCUT2D eigenvalue weighted by atomic mass is 32.2. The molecule has 0 fully saturated rings. The summed E-state index contributed by atoms with van der Waals surface area (Å²) in [7, 11) is 0. The molecule has 4 rings (SSSR count). The third kappa shape index (κ3) is 5.53. The van der Waals surface area contributed by atoms with E-state index in [1.807, 2.05) is 62.4 Å². The Morgan fingerprint density at radius 1 is 1.06 bits per heavy atom. The maximum Gasteiger partial charge on any atom is 0.254 e. The average molecular weight is 499 g/mol. The van der Waals surface area contributed by atoms with Gasteiger partial charge < -0.3 is 20.4 Å². The molecule has 2 aromatic carbocycles. The zero-order chi connectivity index (χ0) is 25.7. The van der Waals surface area contributed by atoms with E-state index in [9.17, 15) is 14.9 Å². The largest absolute Gasteiger partial charge is 0.468 e. The number of carbonyl (C=O) groups is 2. The summed E-state index contributed by atoms with van der Waals surface area (Å²) in [5.41, 5.74) is 4.67. The quantitative estimate of drug-likeness (QED) is 0.391. The normalized spacial score (nSPS) is 15.2. The van der Waals surface area contributed by atoms with Crippen molar-refractivity contribution in [3.05, 3.63) is 106 Å². The van der Waals surface area contributed by atoms with Crippen LogP contribution in [0.15, 0.2) is 93.2 Å². The van der Waals surface area contributed by atoms with Gasteiger partial charge in [-0.1, -0.05) is 42.1 Å². The third-order valence-corrected chi connectivity index (χ3v) is 6.78. The molecular weight excluding hydrogens is 472 g/mol. The SMILES string of the molecule is CC1=C(C(=O)Nc2ccccc2C)[C@H](c2ccco2)C(C#N)=C(SCC(=O)Nc2cccc(C)c2)N1. The minimum Gasteiger partial charge on any atom is -0.468 e. The Balaban J connectivity index is 1.59. The number of benzene rings is 2. The summed E-state index contributed by atoms with van der Waals surface area (Å²) in [6.07, 6.45) is 1.51. The number of dihydropyridines is 1. The number of rotatable bonds is 7. The van der Waals surface area contributed by atoms with Crippen LogP contribution < -0.4 is 16.0 Å². The molecule has 182 valence electrons. The molecule has 2 heterocycles. The van der Waals surface area contributed by atoms with E-state index in [1.165, 1.54) is 18.0 Å². The number of amides is 2. The monoisotopic (exact) mass is 498 g/mol. The first-order valence-electron chi connectivity index (χ1n) is 11.4. The topological polar surface area (TPSA) is 107 Å². The van der Waals surface area contributed by atoms with E-state index in [4.69, 9.17) is 4.42 Å². The van der Waals surface area contributed by atoms with E-state index in [0.717, 1.165) is 11.1 Å². The fourth-order valence-corrected chi connectivity index (χ4v) is 4.92. The lowest BCUT2D eigenvalue weighted by Crippen LogP contribution is -2.31. The van der Waals surface area contributed by atoms with E-state index in [0.29, 0.717) is 39.0 Å². The van der Waals surface area contributed by atoms with Gasteiger partial charge in [0.1, 0.15) is 5.76 Å². The highest BCUT2D eigenvalue weighted by Crippen LogP contribution is 2.41. The van der Waals surface area contributed by atoms with Crippen LogP contribution in [0.1, 0.15) is 29.7 Å². The van der Waals surface area contributed by atoms with Gasteiger partial charge in [-0.3, -0.25) is 9.59 Å². The second kappa shape index (κ2) is 11.0. The van der Waals surface area contributed by atoms with Crippen molar-refractivity contribution in [2.24, 2.45) is 0 Å². The highest BCUT2D eigenvalue weighted by molar-refractivity contribution is 8.03. The third-order valence-electron chi connectivity index (χ3n) is 5.76. The summed E-state index contributed by atoms with van der Waals surface area (Å²) < 4.78 is 5.66. The predicted octanol–water partition coefficient (Wildman–Crippen LogP) is 5.60. The van der Waals surface area contributed by atoms with Crippen molar-refractivity contribution >= 4 is 35.0 Å². The predicted molar refractivity (Wildman–Crippen MR) is 142 cm³/mol. The molecule has 0 saturated carbocycles. The van der Waals surface area contributed by atoms with E-state index in [-0.39, 0.29) is 17.6 Å². The number of thioether (sulfide) groups is 1. The lowest BCUT2D eigenvalue weighted by molar-refractivity contribution is -0.114. The second-order valence-electron chi connectivity index (χ2n) is 8.44. The fraction of sp³-hybridized carbons (Fsp3) is 0.179. The van der Waals surface area contributed by atoms with Crippen LogP contribution in [0.5, 0.6) is 0 Å². The number of nitrogens with one attached hydrogen (secondary N) is 3. The van der Waals surface area contributed by atoms with Crippen molar-refractivity contribution in [1.29, 1.82) is 5.26 Å². The first kappa shape index (κ1) is 24.9. The first-order valence-corrected chi connectivity index (χ1v) is 12.4. The van der Waals surface area contributed by atoms with Gasteiger partial charge in [0.05, 0.1) is 40.2 Å². The molecule has 1 aliphatic rings. The zero-order valence-electron chi connectivity index (χ0n) is 20.2. The summed E-state index contributed by atoms with van der Waals surface area (Å²) in [6.45, 7) is 5.65. The Hall–Kier alpha value is -4.22. The second-order valence-corrected chi connectivity index (χ2v) is 9.43. The van der Waals surface area contributed by atoms with Gasteiger partial charge in [0.15, 0.2) is 0 Å². The summed E-state index contributed by atoms with van der Waals surface area (Å²) in [6, 6.07) is 20.8. The molecule has 3 N–H and O–H groups in total. The first-order chi connectivity index (χ1) is 17.4. The number of anilines is 2. The van der Waals surface area contributed by atoms with Gasteiger partial charge in [-0.05, 0) is 62.2 Å². The molecule has 8 heteroatoms. The number of nitrogens with zero attached hydrogens (tertiary/aromatic N) is 1. The number of hydrogen-bond acceptors (Lipinski definition) is 6. The Morgan fingerprint density at radius 3 is 2.56 bits per heavy atom. The zero-order valence-corrected chi connectivity index (χ0v) is 21.0. The fourth-order valence-electron chi connectivity index (χ4n) is 4.03. The molecule has 0 aliphatic carbocycles. The number of furan rings is 1. The maximum absolute atomic E-state index is 13.4.